The van der Waals surface area contributed by atoms with E-state index in [4.69, 9.17) is 16.7 Å². The third-order valence-corrected chi connectivity index (χ3v) is 2.95. The van der Waals surface area contributed by atoms with Crippen molar-refractivity contribution in [3.05, 3.63) is 82.9 Å². The van der Waals surface area contributed by atoms with Gasteiger partial charge in [0.2, 0.25) is 0 Å². The maximum absolute atomic E-state index is 8.93. The lowest BCUT2D eigenvalue weighted by molar-refractivity contribution is 0.343. The van der Waals surface area contributed by atoms with Crippen molar-refractivity contribution < 1.29 is 5.11 Å². The van der Waals surface area contributed by atoms with Crippen LogP contribution in [0.4, 0.5) is 0 Å². The van der Waals surface area contributed by atoms with Crippen LogP contribution < -0.4 is 0 Å². The van der Waals surface area contributed by atoms with Crippen molar-refractivity contribution in [1.29, 1.82) is 0 Å². The molecule has 1 N–H and O–H groups in total. The molecule has 0 fully saturated rings. The number of hydrogen-bond acceptors (Lipinski definition) is 1. The quantitative estimate of drug-likeness (QED) is 0.644. The lowest BCUT2D eigenvalue weighted by atomic mass is 10.0. The molecule has 0 atom stereocenters. The first-order valence-electron chi connectivity index (χ1n) is 6.09. The fourth-order valence-electron chi connectivity index (χ4n) is 1.78. The van der Waals surface area contributed by atoms with Gasteiger partial charge in [-0.15, -0.1) is 0 Å². The Bertz CT molecular complexity index is 568. The molecule has 0 aromatic heterocycles. The summed E-state index contributed by atoms with van der Waals surface area (Å²) in [7, 11) is 0. The summed E-state index contributed by atoms with van der Waals surface area (Å²) in [5.41, 5.74) is 3.24. The molecule has 1 nitrogen and oxygen atoms in total. The largest absolute Gasteiger partial charge is 0.392 e. The normalized spacial score (nSPS) is 12.0. The van der Waals surface area contributed by atoms with Crippen LogP contribution in [0.15, 0.2) is 66.7 Å². The Hall–Kier alpha value is -1.83. The number of aliphatic hydroxyl groups is 1. The first-order valence-corrected chi connectivity index (χ1v) is 6.47. The predicted molar refractivity (Wildman–Crippen MR) is 82.0 cm³/mol. The molecule has 2 rings (SSSR count). The van der Waals surface area contributed by atoms with E-state index in [1.54, 1.807) is 6.08 Å². The molecule has 19 heavy (non-hydrogen) atoms. The topological polar surface area (TPSA) is 20.2 Å². The van der Waals surface area contributed by atoms with Gasteiger partial charge in [-0.2, -0.15) is 0 Å². The highest BCUT2D eigenvalue weighted by atomic mass is 35.5. The number of rotatable bonds is 4. The Kier molecular flexibility index (Phi) is 4.96. The number of allylic oxidation sites excluding steroid dienone is 2. The molecule has 0 heterocycles. The second-order valence-electron chi connectivity index (χ2n) is 4.10. The molecule has 2 aromatic carbocycles. The van der Waals surface area contributed by atoms with Gasteiger partial charge in [-0.25, -0.2) is 0 Å². The van der Waals surface area contributed by atoms with Crippen molar-refractivity contribution in [2.75, 3.05) is 6.61 Å². The lowest BCUT2D eigenvalue weighted by Gasteiger charge is -2.03. The van der Waals surface area contributed by atoms with Crippen molar-refractivity contribution in [2.24, 2.45) is 0 Å². The zero-order chi connectivity index (χ0) is 13.5. The smallest absolute Gasteiger partial charge is 0.0615 e. The first-order chi connectivity index (χ1) is 9.29. The zero-order valence-corrected chi connectivity index (χ0v) is 11.2. The van der Waals surface area contributed by atoms with Crippen molar-refractivity contribution >= 4 is 23.3 Å². The summed E-state index contributed by atoms with van der Waals surface area (Å²) < 4.78 is 0. The van der Waals surface area contributed by atoms with Gasteiger partial charge in [-0.3, -0.25) is 0 Å². The van der Waals surface area contributed by atoms with Gasteiger partial charge in [0.15, 0.2) is 0 Å². The standard InChI is InChI=1S/C17H15ClO/c18-17-10-8-14(9-11-17)13-16(7-4-12-19)15-5-2-1-3-6-15/h1-11,13,19H,12H2. The molecule has 0 spiro atoms. The fourth-order valence-corrected chi connectivity index (χ4v) is 1.90. The average molecular weight is 271 g/mol. The average Bonchev–Trinajstić information content (AvgIpc) is 2.46. The Morgan fingerprint density at radius 2 is 1.68 bits per heavy atom. The summed E-state index contributed by atoms with van der Waals surface area (Å²) >= 11 is 5.88. The molecular formula is C17H15ClO. The van der Waals surface area contributed by atoms with Crippen LogP contribution in [0.25, 0.3) is 11.6 Å². The number of hydrogen-bond donors (Lipinski definition) is 1. The summed E-state index contributed by atoms with van der Waals surface area (Å²) in [5.74, 6) is 0. The molecular weight excluding hydrogens is 256 g/mol. The summed E-state index contributed by atoms with van der Waals surface area (Å²) in [5, 5.41) is 9.66. The molecule has 0 saturated carbocycles. The highest BCUT2D eigenvalue weighted by molar-refractivity contribution is 6.30. The van der Waals surface area contributed by atoms with Crippen molar-refractivity contribution in [1.82, 2.24) is 0 Å². The third kappa shape index (κ3) is 4.09. The van der Waals surface area contributed by atoms with E-state index in [0.717, 1.165) is 21.7 Å². The fraction of sp³-hybridized carbons (Fsp3) is 0.0588. The van der Waals surface area contributed by atoms with Crippen molar-refractivity contribution in [3.8, 4) is 0 Å². The number of benzene rings is 2. The minimum atomic E-state index is 0.0325. The SMILES string of the molecule is OCC=CC(=Cc1ccc(Cl)cc1)c1ccccc1. The first kappa shape index (κ1) is 13.6. The van der Waals surface area contributed by atoms with Crippen LogP contribution in [-0.2, 0) is 0 Å². The summed E-state index contributed by atoms with van der Waals surface area (Å²) in [6.45, 7) is 0.0325. The molecule has 96 valence electrons. The minimum Gasteiger partial charge on any atom is -0.392 e. The number of aliphatic hydroxyl groups excluding tert-OH is 1. The Balaban J connectivity index is 2.37. The zero-order valence-electron chi connectivity index (χ0n) is 10.5. The second-order valence-corrected chi connectivity index (χ2v) is 4.54. The summed E-state index contributed by atoms with van der Waals surface area (Å²) in [4.78, 5) is 0. The molecule has 0 radical (unpaired) electrons. The van der Waals surface area contributed by atoms with Crippen LogP contribution in [0.5, 0.6) is 0 Å². The van der Waals surface area contributed by atoms with E-state index in [-0.39, 0.29) is 6.61 Å². The van der Waals surface area contributed by atoms with Crippen LogP contribution in [0, 0.1) is 0 Å². The number of halogens is 1. The van der Waals surface area contributed by atoms with Crippen LogP contribution in [0.3, 0.4) is 0 Å². The van der Waals surface area contributed by atoms with Gasteiger partial charge < -0.3 is 5.11 Å². The van der Waals surface area contributed by atoms with E-state index < -0.39 is 0 Å². The van der Waals surface area contributed by atoms with Gasteiger partial charge >= 0.3 is 0 Å². The van der Waals surface area contributed by atoms with E-state index in [1.807, 2.05) is 60.7 Å². The monoisotopic (exact) mass is 270 g/mol. The Morgan fingerprint density at radius 3 is 2.32 bits per heavy atom. The highest BCUT2D eigenvalue weighted by Gasteiger charge is 1.98. The highest BCUT2D eigenvalue weighted by Crippen LogP contribution is 2.20. The third-order valence-electron chi connectivity index (χ3n) is 2.70. The molecule has 0 bridgehead atoms. The maximum Gasteiger partial charge on any atom is 0.0615 e. The van der Waals surface area contributed by atoms with Gasteiger partial charge in [-0.05, 0) is 34.9 Å². The van der Waals surface area contributed by atoms with Gasteiger partial charge in [0.05, 0.1) is 6.61 Å². The molecule has 0 amide bonds. The summed E-state index contributed by atoms with van der Waals surface area (Å²) in [6, 6.07) is 17.7. The molecule has 2 heteroatoms. The molecule has 0 aliphatic rings. The van der Waals surface area contributed by atoms with E-state index in [2.05, 4.69) is 6.08 Å². The van der Waals surface area contributed by atoms with E-state index in [9.17, 15) is 0 Å². The van der Waals surface area contributed by atoms with Crippen molar-refractivity contribution in [2.45, 2.75) is 0 Å². The van der Waals surface area contributed by atoms with Gasteiger partial charge in [-0.1, -0.05) is 66.2 Å². The Morgan fingerprint density at radius 1 is 1.00 bits per heavy atom. The van der Waals surface area contributed by atoms with Crippen LogP contribution >= 0.6 is 11.6 Å². The second kappa shape index (κ2) is 6.93. The van der Waals surface area contributed by atoms with E-state index in [1.165, 1.54) is 0 Å². The van der Waals surface area contributed by atoms with Gasteiger partial charge in [0.1, 0.15) is 0 Å². The molecule has 0 unspecified atom stereocenters. The van der Waals surface area contributed by atoms with E-state index >= 15 is 0 Å². The van der Waals surface area contributed by atoms with Crippen LogP contribution in [-0.4, -0.2) is 11.7 Å². The summed E-state index contributed by atoms with van der Waals surface area (Å²) in [6.07, 6.45) is 5.72. The van der Waals surface area contributed by atoms with E-state index in [0.29, 0.717) is 0 Å². The van der Waals surface area contributed by atoms with Crippen LogP contribution in [0.2, 0.25) is 5.02 Å². The predicted octanol–water partition coefficient (Wildman–Crippen LogP) is 4.43. The van der Waals surface area contributed by atoms with Gasteiger partial charge in [0, 0.05) is 5.02 Å². The molecule has 0 aliphatic heterocycles. The molecule has 0 saturated heterocycles. The molecule has 2 aromatic rings. The van der Waals surface area contributed by atoms with Crippen LogP contribution in [0.1, 0.15) is 11.1 Å². The minimum absolute atomic E-state index is 0.0325. The van der Waals surface area contributed by atoms with Gasteiger partial charge in [0.25, 0.3) is 0 Å². The lowest BCUT2D eigenvalue weighted by Crippen LogP contribution is -1.82. The van der Waals surface area contributed by atoms with Crippen molar-refractivity contribution in [3.63, 3.8) is 0 Å². The Labute approximate surface area is 118 Å². The molecule has 0 aliphatic carbocycles. The maximum atomic E-state index is 8.93.